The first kappa shape index (κ1) is 21.0. The summed E-state index contributed by atoms with van der Waals surface area (Å²) in [5, 5.41) is 9.81. The summed E-state index contributed by atoms with van der Waals surface area (Å²) in [6.45, 7) is 3.67. The molecule has 0 spiro atoms. The second kappa shape index (κ2) is 9.69. The van der Waals surface area contributed by atoms with E-state index in [2.05, 4.69) is 20.5 Å². The number of ketones is 1. The fourth-order valence-electron chi connectivity index (χ4n) is 2.85. The highest BCUT2D eigenvalue weighted by molar-refractivity contribution is 5.94. The number of aryl methyl sites for hydroxylation is 1. The number of aromatic nitrogens is 3. The summed E-state index contributed by atoms with van der Waals surface area (Å²) in [5.74, 6) is 2.19. The lowest BCUT2D eigenvalue weighted by molar-refractivity contribution is -0.116. The summed E-state index contributed by atoms with van der Waals surface area (Å²) in [4.78, 5) is 28.0. The first-order chi connectivity index (χ1) is 14.5. The van der Waals surface area contributed by atoms with Crippen molar-refractivity contribution >= 4 is 17.4 Å². The van der Waals surface area contributed by atoms with Crippen LogP contribution in [0.15, 0.2) is 42.5 Å². The Morgan fingerprint density at radius 3 is 2.67 bits per heavy atom. The molecule has 2 N–H and O–H groups in total. The van der Waals surface area contributed by atoms with Crippen molar-refractivity contribution in [2.75, 3.05) is 19.0 Å². The molecular weight excluding hydrogens is 384 g/mol. The van der Waals surface area contributed by atoms with Crippen LogP contribution in [0.2, 0.25) is 0 Å². The number of Topliss-reactive ketones (excluding diaryl/α,β-unsaturated/α-hetero) is 1. The third-order valence-corrected chi connectivity index (χ3v) is 4.38. The minimum Gasteiger partial charge on any atom is -0.493 e. The number of methoxy groups -OCH3 is 1. The average molecular weight is 408 g/mol. The Kier molecular flexibility index (Phi) is 6.79. The monoisotopic (exact) mass is 408 g/mol. The molecule has 1 heterocycles. The van der Waals surface area contributed by atoms with Crippen LogP contribution in [-0.2, 0) is 4.79 Å². The predicted molar refractivity (Wildman–Crippen MR) is 113 cm³/mol. The number of hydrogen-bond acceptors (Lipinski definition) is 6. The third-order valence-electron chi connectivity index (χ3n) is 4.38. The van der Waals surface area contributed by atoms with E-state index in [4.69, 9.17) is 9.47 Å². The molecular formula is C22H24N4O4. The quantitative estimate of drug-likeness (QED) is 0.412. The number of anilines is 1. The molecule has 3 rings (SSSR count). The number of rotatable bonds is 9. The van der Waals surface area contributed by atoms with Gasteiger partial charge < -0.3 is 14.8 Å². The molecule has 8 nitrogen and oxygen atoms in total. The number of nitrogens with zero attached hydrogens (tertiary/aromatic N) is 2. The summed E-state index contributed by atoms with van der Waals surface area (Å²) in [6, 6.07) is 12.4. The zero-order valence-electron chi connectivity index (χ0n) is 17.2. The second-order valence-corrected chi connectivity index (χ2v) is 6.75. The molecule has 0 aliphatic rings. The van der Waals surface area contributed by atoms with E-state index in [-0.39, 0.29) is 11.7 Å². The first-order valence-electron chi connectivity index (χ1n) is 9.57. The molecule has 8 heteroatoms. The molecule has 0 saturated heterocycles. The van der Waals surface area contributed by atoms with Crippen molar-refractivity contribution in [3.8, 4) is 22.9 Å². The Morgan fingerprint density at radius 2 is 1.97 bits per heavy atom. The lowest BCUT2D eigenvalue weighted by atomic mass is 10.1. The van der Waals surface area contributed by atoms with Crippen LogP contribution in [0.3, 0.4) is 0 Å². The van der Waals surface area contributed by atoms with Gasteiger partial charge in [-0.3, -0.25) is 14.7 Å². The summed E-state index contributed by atoms with van der Waals surface area (Å²) in [5.41, 5.74) is 2.06. The van der Waals surface area contributed by atoms with Gasteiger partial charge in [-0.15, -0.1) is 0 Å². The van der Waals surface area contributed by atoms with Gasteiger partial charge in [0.05, 0.1) is 13.7 Å². The maximum Gasteiger partial charge on any atom is 0.224 e. The van der Waals surface area contributed by atoms with Crippen LogP contribution in [0.4, 0.5) is 5.69 Å². The second-order valence-electron chi connectivity index (χ2n) is 6.75. The number of hydrogen-bond donors (Lipinski definition) is 2. The highest BCUT2D eigenvalue weighted by Crippen LogP contribution is 2.28. The number of nitrogens with one attached hydrogen (secondary N) is 2. The van der Waals surface area contributed by atoms with Gasteiger partial charge in [-0.2, -0.15) is 5.10 Å². The van der Waals surface area contributed by atoms with Crippen LogP contribution < -0.4 is 14.8 Å². The largest absolute Gasteiger partial charge is 0.493 e. The highest BCUT2D eigenvalue weighted by Gasteiger charge is 2.10. The van der Waals surface area contributed by atoms with Gasteiger partial charge in [0.1, 0.15) is 5.82 Å². The summed E-state index contributed by atoms with van der Waals surface area (Å²) in [7, 11) is 1.52. The number of amides is 1. The number of ether oxygens (including phenoxy) is 2. The molecule has 0 atom stereocenters. The van der Waals surface area contributed by atoms with E-state index < -0.39 is 0 Å². The number of H-pyrrole nitrogens is 1. The molecule has 0 saturated carbocycles. The maximum atomic E-state index is 12.3. The normalized spacial score (nSPS) is 10.5. The summed E-state index contributed by atoms with van der Waals surface area (Å²) in [6.07, 6.45) is 0.834. The molecule has 1 aromatic heterocycles. The van der Waals surface area contributed by atoms with Gasteiger partial charge in [-0.05, 0) is 50.6 Å². The van der Waals surface area contributed by atoms with Gasteiger partial charge in [-0.1, -0.05) is 12.1 Å². The van der Waals surface area contributed by atoms with E-state index in [1.807, 2.05) is 31.2 Å². The first-order valence-corrected chi connectivity index (χ1v) is 9.57. The summed E-state index contributed by atoms with van der Waals surface area (Å²) >= 11 is 0. The Morgan fingerprint density at radius 1 is 1.13 bits per heavy atom. The van der Waals surface area contributed by atoms with Crippen molar-refractivity contribution in [3.63, 3.8) is 0 Å². The number of carbonyl (C=O) groups is 2. The third kappa shape index (κ3) is 5.44. The van der Waals surface area contributed by atoms with Crippen LogP contribution in [0.1, 0.15) is 35.9 Å². The van der Waals surface area contributed by atoms with E-state index in [9.17, 15) is 9.59 Å². The lowest BCUT2D eigenvalue weighted by Gasteiger charge is -2.11. The zero-order chi connectivity index (χ0) is 21.5. The zero-order valence-corrected chi connectivity index (χ0v) is 17.2. The highest BCUT2D eigenvalue weighted by atomic mass is 16.5. The molecule has 0 radical (unpaired) electrons. The molecule has 2 aromatic carbocycles. The molecule has 0 fully saturated rings. The lowest BCUT2D eigenvalue weighted by Crippen LogP contribution is -2.13. The maximum absolute atomic E-state index is 12.3. The molecule has 30 heavy (non-hydrogen) atoms. The molecule has 0 unspecified atom stereocenters. The van der Waals surface area contributed by atoms with Crippen molar-refractivity contribution in [1.82, 2.24) is 15.2 Å². The predicted octanol–water partition coefficient (Wildman–Crippen LogP) is 3.79. The van der Waals surface area contributed by atoms with Gasteiger partial charge in [0.15, 0.2) is 23.1 Å². The number of carbonyl (C=O) groups excluding carboxylic acids is 2. The SMILES string of the molecule is COc1cc(C(C)=O)ccc1OCCCC(=O)Nc1cccc(-c2n[nH]c(C)n2)c1. The van der Waals surface area contributed by atoms with E-state index >= 15 is 0 Å². The summed E-state index contributed by atoms with van der Waals surface area (Å²) < 4.78 is 11.0. The van der Waals surface area contributed by atoms with E-state index in [0.29, 0.717) is 48.0 Å². The minimum absolute atomic E-state index is 0.0428. The Bertz CT molecular complexity index is 1050. The Labute approximate surface area is 174 Å². The van der Waals surface area contributed by atoms with Crippen molar-refractivity contribution in [2.24, 2.45) is 0 Å². The molecule has 1 amide bonds. The standard InChI is InChI=1S/C22H24N4O4/c1-14(27)16-9-10-19(20(13-16)29-3)30-11-5-8-21(28)24-18-7-4-6-17(12-18)22-23-15(2)25-26-22/h4,6-7,9-10,12-13H,5,8,11H2,1-3H3,(H,24,28)(H,23,25,26). The Balaban J connectivity index is 1.49. The van der Waals surface area contributed by atoms with Gasteiger partial charge in [0.25, 0.3) is 0 Å². The van der Waals surface area contributed by atoms with Crippen molar-refractivity contribution in [3.05, 3.63) is 53.9 Å². The van der Waals surface area contributed by atoms with Gasteiger partial charge in [0.2, 0.25) is 5.91 Å². The topological polar surface area (TPSA) is 106 Å². The molecule has 0 aliphatic carbocycles. The van der Waals surface area contributed by atoms with Crippen LogP contribution in [-0.4, -0.2) is 40.6 Å². The van der Waals surface area contributed by atoms with Crippen molar-refractivity contribution in [1.29, 1.82) is 0 Å². The van der Waals surface area contributed by atoms with Crippen molar-refractivity contribution in [2.45, 2.75) is 26.7 Å². The Hall–Kier alpha value is -3.68. The van der Waals surface area contributed by atoms with E-state index in [0.717, 1.165) is 11.4 Å². The van der Waals surface area contributed by atoms with Crippen molar-refractivity contribution < 1.29 is 19.1 Å². The van der Waals surface area contributed by atoms with Crippen LogP contribution in [0, 0.1) is 6.92 Å². The molecule has 156 valence electrons. The molecule has 0 bridgehead atoms. The average Bonchev–Trinajstić information content (AvgIpc) is 3.17. The fraction of sp³-hybridized carbons (Fsp3) is 0.273. The van der Waals surface area contributed by atoms with E-state index in [1.165, 1.54) is 14.0 Å². The van der Waals surface area contributed by atoms with Gasteiger partial charge >= 0.3 is 0 Å². The van der Waals surface area contributed by atoms with Crippen LogP contribution >= 0.6 is 0 Å². The fourth-order valence-corrected chi connectivity index (χ4v) is 2.85. The van der Waals surface area contributed by atoms with Gasteiger partial charge in [0, 0.05) is 23.2 Å². The smallest absolute Gasteiger partial charge is 0.224 e. The van der Waals surface area contributed by atoms with E-state index in [1.54, 1.807) is 18.2 Å². The molecule has 0 aliphatic heterocycles. The number of aromatic amines is 1. The molecule has 3 aromatic rings. The van der Waals surface area contributed by atoms with Gasteiger partial charge in [-0.25, -0.2) is 4.98 Å². The van der Waals surface area contributed by atoms with Crippen LogP contribution in [0.25, 0.3) is 11.4 Å². The minimum atomic E-state index is -0.110. The number of benzene rings is 2. The van der Waals surface area contributed by atoms with Crippen LogP contribution in [0.5, 0.6) is 11.5 Å².